The molecular weight excluding hydrogens is 396 g/mol. The summed E-state index contributed by atoms with van der Waals surface area (Å²) in [4.78, 5) is 24.3. The maximum Gasteiger partial charge on any atom is 0.287 e. The number of sulfonamides is 1. The molecule has 2 N–H and O–H groups in total. The van der Waals surface area contributed by atoms with Crippen molar-refractivity contribution in [2.45, 2.75) is 0 Å². The third kappa shape index (κ3) is 4.11. The van der Waals surface area contributed by atoms with Crippen LogP contribution in [0.4, 0.5) is 5.69 Å². The number of carbonyl (C=O) groups is 1. The Balaban J connectivity index is 1.39. The normalized spacial score (nSPS) is 11.6. The Morgan fingerprint density at radius 1 is 1.14 bits per heavy atom. The van der Waals surface area contributed by atoms with Gasteiger partial charge in [0.2, 0.25) is 10.0 Å². The van der Waals surface area contributed by atoms with Crippen LogP contribution in [0.3, 0.4) is 0 Å². The van der Waals surface area contributed by atoms with Crippen LogP contribution in [0.25, 0.3) is 16.5 Å². The van der Waals surface area contributed by atoms with Gasteiger partial charge in [-0.2, -0.15) is 5.10 Å². The van der Waals surface area contributed by atoms with Crippen molar-refractivity contribution in [1.82, 2.24) is 14.9 Å². The molecule has 148 valence electrons. The van der Waals surface area contributed by atoms with Gasteiger partial charge in [-0.3, -0.25) is 14.3 Å². The molecule has 0 atom stereocenters. The molecule has 1 aromatic carbocycles. The number of para-hydroxylation sites is 1. The van der Waals surface area contributed by atoms with E-state index < -0.39 is 15.9 Å². The molecular formula is C19H16N4O5S. The molecule has 0 bridgehead atoms. The maximum absolute atomic E-state index is 12.3. The molecule has 9 nitrogen and oxygen atoms in total. The lowest BCUT2D eigenvalue weighted by Crippen LogP contribution is -2.31. The largest absolute Gasteiger partial charge is 0.451 e. The number of nitrogens with zero attached hydrogens (tertiary/aromatic N) is 2. The van der Waals surface area contributed by atoms with Gasteiger partial charge in [-0.1, -0.05) is 12.1 Å². The minimum Gasteiger partial charge on any atom is -0.451 e. The first-order valence-electron chi connectivity index (χ1n) is 8.66. The zero-order valence-electron chi connectivity index (χ0n) is 15.0. The van der Waals surface area contributed by atoms with Crippen LogP contribution in [0.1, 0.15) is 10.6 Å². The number of rotatable bonds is 6. The van der Waals surface area contributed by atoms with E-state index in [1.807, 2.05) is 0 Å². The minimum absolute atomic E-state index is 0.153. The van der Waals surface area contributed by atoms with Gasteiger partial charge in [0.05, 0.1) is 22.3 Å². The predicted octanol–water partition coefficient (Wildman–Crippen LogP) is 1.61. The Morgan fingerprint density at radius 2 is 1.97 bits per heavy atom. The van der Waals surface area contributed by atoms with Crippen molar-refractivity contribution >= 4 is 38.1 Å². The van der Waals surface area contributed by atoms with Crippen LogP contribution in [0, 0.1) is 0 Å². The van der Waals surface area contributed by atoms with Gasteiger partial charge >= 0.3 is 0 Å². The van der Waals surface area contributed by atoms with Crippen molar-refractivity contribution < 1.29 is 17.6 Å². The number of carbonyl (C=O) groups excluding carboxylic acids is 1. The summed E-state index contributed by atoms with van der Waals surface area (Å²) in [6.45, 7) is -0.153. The van der Waals surface area contributed by atoms with Crippen molar-refractivity contribution in [3.63, 3.8) is 0 Å². The molecule has 0 aliphatic heterocycles. The lowest BCUT2D eigenvalue weighted by atomic mass is 10.2. The molecule has 0 radical (unpaired) electrons. The number of nitrogens with one attached hydrogen (secondary N) is 2. The van der Waals surface area contributed by atoms with Gasteiger partial charge in [0.1, 0.15) is 5.58 Å². The second kappa shape index (κ2) is 7.40. The SMILES string of the molecule is O=C(NCCS(=O)(=O)Nc1ccn2nccc2c1)c1cc(=O)c2ccccc2o1. The molecule has 3 heterocycles. The van der Waals surface area contributed by atoms with Crippen LogP contribution < -0.4 is 15.5 Å². The van der Waals surface area contributed by atoms with Crippen molar-refractivity contribution in [3.05, 3.63) is 76.9 Å². The summed E-state index contributed by atoms with van der Waals surface area (Å²) < 4.78 is 34.0. The van der Waals surface area contributed by atoms with Crippen LogP contribution in [0.5, 0.6) is 0 Å². The first kappa shape index (κ1) is 18.7. The molecule has 0 saturated heterocycles. The van der Waals surface area contributed by atoms with E-state index in [9.17, 15) is 18.0 Å². The number of hydrogen-bond acceptors (Lipinski definition) is 6. The van der Waals surface area contributed by atoms with Gasteiger partial charge in [-0.05, 0) is 30.3 Å². The molecule has 4 rings (SSSR count). The zero-order valence-corrected chi connectivity index (χ0v) is 15.8. The lowest BCUT2D eigenvalue weighted by Gasteiger charge is -2.09. The number of anilines is 1. The topological polar surface area (TPSA) is 123 Å². The van der Waals surface area contributed by atoms with E-state index in [1.165, 1.54) is 0 Å². The molecule has 0 saturated carbocycles. The number of hydrogen-bond donors (Lipinski definition) is 2. The first-order valence-corrected chi connectivity index (χ1v) is 10.3. The molecule has 29 heavy (non-hydrogen) atoms. The smallest absolute Gasteiger partial charge is 0.287 e. The third-order valence-electron chi connectivity index (χ3n) is 4.19. The van der Waals surface area contributed by atoms with Crippen LogP contribution in [0.2, 0.25) is 0 Å². The lowest BCUT2D eigenvalue weighted by molar-refractivity contribution is 0.0929. The van der Waals surface area contributed by atoms with Crippen LogP contribution in [-0.2, 0) is 10.0 Å². The third-order valence-corrected chi connectivity index (χ3v) is 5.48. The Morgan fingerprint density at radius 3 is 2.83 bits per heavy atom. The summed E-state index contributed by atoms with van der Waals surface area (Å²) in [5.74, 6) is -1.19. The Hall–Kier alpha value is -3.66. The summed E-state index contributed by atoms with van der Waals surface area (Å²) in [7, 11) is -3.69. The molecule has 0 unspecified atom stereocenters. The van der Waals surface area contributed by atoms with E-state index in [4.69, 9.17) is 4.42 Å². The number of aromatic nitrogens is 2. The molecule has 1 amide bonds. The second-order valence-corrected chi connectivity index (χ2v) is 8.11. The number of fused-ring (bicyclic) bond motifs is 2. The molecule has 0 aliphatic carbocycles. The van der Waals surface area contributed by atoms with Crippen molar-refractivity contribution in [2.75, 3.05) is 17.0 Å². The highest BCUT2D eigenvalue weighted by molar-refractivity contribution is 7.92. The van der Waals surface area contributed by atoms with Gasteiger partial charge in [0.15, 0.2) is 11.2 Å². The standard InChI is InChI=1S/C19H16N4O5S/c24-16-12-18(28-17-4-2-1-3-15(16)17)19(25)20-8-10-29(26,27)22-13-6-9-23-14(11-13)5-7-21-23/h1-7,9,11-12,22H,8,10H2,(H,20,25). The van der Waals surface area contributed by atoms with Gasteiger partial charge < -0.3 is 9.73 Å². The molecule has 4 aromatic rings. The summed E-state index contributed by atoms with van der Waals surface area (Å²) in [6, 6.07) is 12.6. The van der Waals surface area contributed by atoms with Gasteiger partial charge in [-0.15, -0.1) is 0 Å². The van der Waals surface area contributed by atoms with Crippen LogP contribution >= 0.6 is 0 Å². The predicted molar refractivity (Wildman–Crippen MR) is 107 cm³/mol. The van der Waals surface area contributed by atoms with E-state index in [0.29, 0.717) is 11.1 Å². The summed E-state index contributed by atoms with van der Waals surface area (Å²) >= 11 is 0. The zero-order chi connectivity index (χ0) is 20.4. The fourth-order valence-corrected chi connectivity index (χ4v) is 3.78. The average molecular weight is 412 g/mol. The molecule has 0 spiro atoms. The molecule has 0 fully saturated rings. The number of pyridine rings is 1. The molecule has 10 heteroatoms. The minimum atomic E-state index is -3.69. The van der Waals surface area contributed by atoms with Gasteiger partial charge in [0, 0.05) is 25.0 Å². The molecule has 3 aromatic heterocycles. The van der Waals surface area contributed by atoms with Crippen molar-refractivity contribution in [1.29, 1.82) is 0 Å². The average Bonchev–Trinajstić information content (AvgIpc) is 3.15. The highest BCUT2D eigenvalue weighted by Crippen LogP contribution is 2.13. The first-order chi connectivity index (χ1) is 13.9. The number of amides is 1. The fraction of sp³-hybridized carbons (Fsp3) is 0.105. The Kier molecular flexibility index (Phi) is 4.77. The van der Waals surface area contributed by atoms with Gasteiger partial charge in [-0.25, -0.2) is 12.9 Å². The fourth-order valence-electron chi connectivity index (χ4n) is 2.82. The summed E-state index contributed by atoms with van der Waals surface area (Å²) in [6.07, 6.45) is 3.24. The maximum atomic E-state index is 12.3. The number of benzene rings is 1. The van der Waals surface area contributed by atoms with Crippen molar-refractivity contribution in [3.8, 4) is 0 Å². The van der Waals surface area contributed by atoms with E-state index in [-0.39, 0.29) is 29.1 Å². The van der Waals surface area contributed by atoms with E-state index in [2.05, 4.69) is 15.1 Å². The highest BCUT2D eigenvalue weighted by atomic mass is 32.2. The molecule has 0 aliphatic rings. The quantitative estimate of drug-likeness (QED) is 0.496. The summed E-state index contributed by atoms with van der Waals surface area (Å²) in [5, 5.41) is 6.86. The second-order valence-electron chi connectivity index (χ2n) is 6.26. The Labute approximate surface area is 165 Å². The van der Waals surface area contributed by atoms with E-state index in [1.54, 1.807) is 59.4 Å². The van der Waals surface area contributed by atoms with Crippen molar-refractivity contribution in [2.24, 2.45) is 0 Å². The highest BCUT2D eigenvalue weighted by Gasteiger charge is 2.15. The van der Waals surface area contributed by atoms with E-state index >= 15 is 0 Å². The Bertz CT molecular complexity index is 1370. The summed E-state index contributed by atoms with van der Waals surface area (Å²) in [5.41, 5.74) is 1.07. The monoisotopic (exact) mass is 412 g/mol. The van der Waals surface area contributed by atoms with Gasteiger partial charge in [0.25, 0.3) is 5.91 Å². The van der Waals surface area contributed by atoms with E-state index in [0.717, 1.165) is 11.6 Å². The van der Waals surface area contributed by atoms with Crippen LogP contribution in [-0.4, -0.2) is 36.2 Å². The van der Waals surface area contributed by atoms with Crippen LogP contribution in [0.15, 0.2) is 70.1 Å².